The fraction of sp³-hybridized carbons (Fsp3) is 0.600. The summed E-state index contributed by atoms with van der Waals surface area (Å²) in [7, 11) is 0. The first-order valence-electron chi connectivity index (χ1n) is 8.39. The molecule has 0 saturated heterocycles. The first-order valence-corrected chi connectivity index (χ1v) is 9.02. The fourth-order valence-corrected chi connectivity index (χ4v) is 2.23. The van der Waals surface area contributed by atoms with Gasteiger partial charge in [-0.2, -0.15) is 12.6 Å². The van der Waals surface area contributed by atoms with Crippen molar-refractivity contribution in [2.75, 3.05) is 5.75 Å². The first kappa shape index (κ1) is 26.1. The molecule has 0 aliphatic heterocycles. The molecule has 4 atom stereocenters. The molecular formula is C15H25N5O8S. The molecule has 4 unspecified atom stereocenters. The van der Waals surface area contributed by atoms with Gasteiger partial charge in [-0.15, -0.1) is 0 Å². The van der Waals surface area contributed by atoms with Crippen LogP contribution in [0.2, 0.25) is 0 Å². The Bertz CT molecular complexity index is 657. The minimum absolute atomic E-state index is 0.179. The van der Waals surface area contributed by atoms with Gasteiger partial charge in [0.15, 0.2) is 0 Å². The summed E-state index contributed by atoms with van der Waals surface area (Å²) in [6.45, 7) is 1.38. The van der Waals surface area contributed by atoms with Crippen molar-refractivity contribution in [2.45, 2.75) is 50.4 Å². The predicted octanol–water partition coefficient (Wildman–Crippen LogP) is -3.46. The highest BCUT2D eigenvalue weighted by atomic mass is 32.1. The maximum Gasteiger partial charge on any atom is 0.326 e. The minimum Gasteiger partial charge on any atom is -0.481 e. The summed E-state index contributed by atoms with van der Waals surface area (Å²) in [5, 5.41) is 24.5. The van der Waals surface area contributed by atoms with E-state index in [0.29, 0.717) is 0 Å². The lowest BCUT2D eigenvalue weighted by molar-refractivity contribution is -0.143. The largest absolute Gasteiger partial charge is 0.481 e. The number of nitrogens with one attached hydrogen (secondary N) is 3. The third kappa shape index (κ3) is 10.3. The Morgan fingerprint density at radius 2 is 1.38 bits per heavy atom. The van der Waals surface area contributed by atoms with Gasteiger partial charge in [0, 0.05) is 12.2 Å². The summed E-state index contributed by atoms with van der Waals surface area (Å²) in [6, 6.07) is -5.32. The summed E-state index contributed by atoms with van der Waals surface area (Å²) in [5.74, 6) is -6.58. The Hall–Kier alpha value is -2.87. The molecule has 164 valence electrons. The molecule has 0 aromatic rings. The molecule has 0 aromatic carbocycles. The molecule has 0 rings (SSSR count). The average Bonchev–Trinajstić information content (AvgIpc) is 2.60. The van der Waals surface area contributed by atoms with Crippen LogP contribution in [0, 0.1) is 0 Å². The van der Waals surface area contributed by atoms with Crippen molar-refractivity contribution in [3.8, 4) is 0 Å². The van der Waals surface area contributed by atoms with Gasteiger partial charge in [0.1, 0.15) is 18.1 Å². The quantitative estimate of drug-likeness (QED) is 0.134. The highest BCUT2D eigenvalue weighted by Gasteiger charge is 2.31. The van der Waals surface area contributed by atoms with Gasteiger partial charge in [0.25, 0.3) is 0 Å². The van der Waals surface area contributed by atoms with Crippen molar-refractivity contribution in [3.63, 3.8) is 0 Å². The number of hydrogen-bond donors (Lipinski definition) is 8. The number of nitrogens with two attached hydrogens (primary N) is 2. The van der Waals surface area contributed by atoms with Gasteiger partial charge in [-0.1, -0.05) is 0 Å². The molecule has 29 heavy (non-hydrogen) atoms. The highest BCUT2D eigenvalue weighted by Crippen LogP contribution is 2.02. The molecule has 14 heteroatoms. The van der Waals surface area contributed by atoms with Crippen LogP contribution in [-0.4, -0.2) is 75.7 Å². The number of carboxylic acid groups (broad SMARTS) is 2. The molecule has 0 aliphatic rings. The summed E-state index contributed by atoms with van der Waals surface area (Å²) in [6.07, 6.45) is -1.52. The number of aliphatic carboxylic acids is 2. The number of thiol groups is 1. The number of carboxylic acids is 2. The maximum absolute atomic E-state index is 12.3. The number of amides is 4. The van der Waals surface area contributed by atoms with Crippen LogP contribution in [0.5, 0.6) is 0 Å². The van der Waals surface area contributed by atoms with E-state index >= 15 is 0 Å². The van der Waals surface area contributed by atoms with Gasteiger partial charge in [-0.3, -0.25) is 24.0 Å². The summed E-state index contributed by atoms with van der Waals surface area (Å²) in [5.41, 5.74) is 10.3. The van der Waals surface area contributed by atoms with E-state index in [9.17, 15) is 28.8 Å². The van der Waals surface area contributed by atoms with Crippen molar-refractivity contribution >= 4 is 48.2 Å². The zero-order valence-electron chi connectivity index (χ0n) is 15.6. The van der Waals surface area contributed by atoms with Crippen molar-refractivity contribution in [2.24, 2.45) is 11.5 Å². The van der Waals surface area contributed by atoms with Crippen molar-refractivity contribution in [1.82, 2.24) is 16.0 Å². The Balaban J connectivity index is 5.25. The second-order valence-electron chi connectivity index (χ2n) is 6.10. The standard InChI is InChI=1S/C15H25N5O8S/c1-6(16)12(24)20-9(5-29)14(26)19-8(4-11(22)23)13(25)18-7(15(27)28)2-3-10(17)21/h6-9,29H,2-5,16H2,1H3,(H2,17,21)(H,18,25)(H,19,26)(H,20,24)(H,22,23)(H,27,28). The van der Waals surface area contributed by atoms with E-state index in [-0.39, 0.29) is 18.6 Å². The zero-order chi connectivity index (χ0) is 22.7. The van der Waals surface area contributed by atoms with E-state index in [1.807, 2.05) is 5.32 Å². The van der Waals surface area contributed by atoms with Crippen LogP contribution in [0.25, 0.3) is 0 Å². The summed E-state index contributed by atoms with van der Waals surface area (Å²) in [4.78, 5) is 69.3. The third-order valence-corrected chi connectivity index (χ3v) is 3.90. The van der Waals surface area contributed by atoms with E-state index in [1.165, 1.54) is 6.92 Å². The van der Waals surface area contributed by atoms with Crippen LogP contribution in [-0.2, 0) is 28.8 Å². The SMILES string of the molecule is CC(N)C(=O)NC(CS)C(=O)NC(CC(=O)O)C(=O)NC(CCC(N)=O)C(=O)O. The molecule has 4 amide bonds. The van der Waals surface area contributed by atoms with Crippen molar-refractivity contribution < 1.29 is 39.0 Å². The molecule has 0 radical (unpaired) electrons. The lowest BCUT2D eigenvalue weighted by Gasteiger charge is -2.23. The first-order chi connectivity index (χ1) is 13.4. The molecule has 0 spiro atoms. The molecule has 0 bridgehead atoms. The van der Waals surface area contributed by atoms with E-state index in [0.717, 1.165) is 0 Å². The number of hydrogen-bond acceptors (Lipinski definition) is 8. The molecule has 9 N–H and O–H groups in total. The lowest BCUT2D eigenvalue weighted by Crippen LogP contribution is -2.57. The number of carbonyl (C=O) groups excluding carboxylic acids is 4. The monoisotopic (exact) mass is 435 g/mol. The van der Waals surface area contributed by atoms with Crippen LogP contribution >= 0.6 is 12.6 Å². The number of rotatable bonds is 13. The highest BCUT2D eigenvalue weighted by molar-refractivity contribution is 7.80. The van der Waals surface area contributed by atoms with E-state index in [1.54, 1.807) is 0 Å². The molecular weight excluding hydrogens is 410 g/mol. The van der Waals surface area contributed by atoms with E-state index in [4.69, 9.17) is 21.7 Å². The van der Waals surface area contributed by atoms with E-state index in [2.05, 4.69) is 23.3 Å². The van der Waals surface area contributed by atoms with Gasteiger partial charge < -0.3 is 37.6 Å². The van der Waals surface area contributed by atoms with Gasteiger partial charge in [-0.25, -0.2) is 4.79 Å². The number of carbonyl (C=O) groups is 6. The van der Waals surface area contributed by atoms with Gasteiger partial charge in [-0.05, 0) is 13.3 Å². The van der Waals surface area contributed by atoms with Crippen molar-refractivity contribution in [1.29, 1.82) is 0 Å². The zero-order valence-corrected chi connectivity index (χ0v) is 16.5. The van der Waals surface area contributed by atoms with Gasteiger partial charge >= 0.3 is 11.9 Å². The Morgan fingerprint density at radius 1 is 0.897 bits per heavy atom. The van der Waals surface area contributed by atoms with Crippen LogP contribution in [0.4, 0.5) is 0 Å². The van der Waals surface area contributed by atoms with Crippen LogP contribution in [0.3, 0.4) is 0 Å². The Labute approximate surface area is 171 Å². The molecule has 0 heterocycles. The van der Waals surface area contributed by atoms with Crippen molar-refractivity contribution in [3.05, 3.63) is 0 Å². The van der Waals surface area contributed by atoms with E-state index < -0.39 is 66.2 Å². The molecule has 0 saturated carbocycles. The summed E-state index contributed by atoms with van der Waals surface area (Å²) >= 11 is 3.92. The third-order valence-electron chi connectivity index (χ3n) is 3.53. The normalized spacial score (nSPS) is 14.6. The molecule has 13 nitrogen and oxygen atoms in total. The van der Waals surface area contributed by atoms with Crippen LogP contribution in [0.15, 0.2) is 0 Å². The smallest absolute Gasteiger partial charge is 0.326 e. The second-order valence-corrected chi connectivity index (χ2v) is 6.46. The average molecular weight is 435 g/mol. The maximum atomic E-state index is 12.3. The molecule has 0 aliphatic carbocycles. The lowest BCUT2D eigenvalue weighted by atomic mass is 10.1. The Kier molecular flexibility index (Phi) is 11.3. The number of primary amides is 1. The predicted molar refractivity (Wildman–Crippen MR) is 102 cm³/mol. The summed E-state index contributed by atoms with van der Waals surface area (Å²) < 4.78 is 0. The van der Waals surface area contributed by atoms with Crippen LogP contribution in [0.1, 0.15) is 26.2 Å². The fourth-order valence-electron chi connectivity index (χ4n) is 1.97. The second kappa shape index (κ2) is 12.6. The Morgan fingerprint density at radius 3 is 1.79 bits per heavy atom. The topological polar surface area (TPSA) is 231 Å². The van der Waals surface area contributed by atoms with Crippen LogP contribution < -0.4 is 27.4 Å². The molecule has 0 fully saturated rings. The molecule has 0 aromatic heterocycles. The minimum atomic E-state index is -1.65. The van der Waals surface area contributed by atoms with Gasteiger partial charge in [0.2, 0.25) is 23.6 Å². The van der Waals surface area contributed by atoms with Gasteiger partial charge in [0.05, 0.1) is 12.5 Å².